The second kappa shape index (κ2) is 15.8. The first-order valence-corrected chi connectivity index (χ1v) is 22.0. The van der Waals surface area contributed by atoms with Gasteiger partial charge in [0.25, 0.3) is 0 Å². The zero-order chi connectivity index (χ0) is 42.4. The van der Waals surface area contributed by atoms with Gasteiger partial charge in [-0.05, 0) is 110 Å². The van der Waals surface area contributed by atoms with E-state index in [1.807, 2.05) is 0 Å². The van der Waals surface area contributed by atoms with Crippen LogP contribution in [0.4, 0.5) is 17.1 Å². The molecule has 0 amide bonds. The summed E-state index contributed by atoms with van der Waals surface area (Å²) in [6.07, 6.45) is 0. The van der Waals surface area contributed by atoms with Crippen LogP contribution in [-0.2, 0) is 0 Å². The molecule has 2 heteroatoms. The van der Waals surface area contributed by atoms with Gasteiger partial charge in [-0.1, -0.05) is 200 Å². The van der Waals surface area contributed by atoms with Gasteiger partial charge in [-0.25, -0.2) is 0 Å². The third-order valence-electron chi connectivity index (χ3n) is 12.8. The Labute approximate surface area is 373 Å². The van der Waals surface area contributed by atoms with Crippen molar-refractivity contribution in [1.29, 1.82) is 0 Å². The van der Waals surface area contributed by atoms with E-state index in [1.54, 1.807) is 0 Å². The number of aromatic nitrogens is 1. The Balaban J connectivity index is 0.966. The molecule has 0 saturated carbocycles. The summed E-state index contributed by atoms with van der Waals surface area (Å²) in [5.74, 6) is 0. The molecule has 64 heavy (non-hydrogen) atoms. The van der Waals surface area contributed by atoms with Crippen LogP contribution >= 0.6 is 0 Å². The number of rotatable bonds is 8. The SMILES string of the molecule is c1ccc(-n2c3ccccc3c3c(-c4cccc(-c5ccccc5N(c5ccc(-c6ccc(-c7cccc8ccccc78)cc6)cc5)c5cccc6ccccc56)c4)cccc32)cc1. The molecule has 0 fully saturated rings. The highest BCUT2D eigenvalue weighted by molar-refractivity contribution is 6.16. The maximum Gasteiger partial charge on any atom is 0.0547 e. The first kappa shape index (κ1) is 37.3. The minimum absolute atomic E-state index is 1.09. The molecule has 0 spiro atoms. The van der Waals surface area contributed by atoms with Crippen molar-refractivity contribution in [2.75, 3.05) is 4.90 Å². The van der Waals surface area contributed by atoms with Crippen LogP contribution in [0, 0.1) is 0 Å². The van der Waals surface area contributed by atoms with Crippen molar-refractivity contribution in [3.63, 3.8) is 0 Å². The van der Waals surface area contributed by atoms with Crippen LogP contribution in [0.2, 0.25) is 0 Å². The number of anilines is 3. The predicted molar refractivity (Wildman–Crippen MR) is 272 cm³/mol. The van der Waals surface area contributed by atoms with Crippen LogP contribution in [0.1, 0.15) is 0 Å². The quantitative estimate of drug-likeness (QED) is 0.148. The number of nitrogens with zero attached hydrogens (tertiary/aromatic N) is 2. The van der Waals surface area contributed by atoms with Gasteiger partial charge in [0.2, 0.25) is 0 Å². The lowest BCUT2D eigenvalue weighted by Crippen LogP contribution is -2.11. The van der Waals surface area contributed by atoms with E-state index in [0.717, 1.165) is 33.9 Å². The summed E-state index contributed by atoms with van der Waals surface area (Å²) in [4.78, 5) is 2.44. The maximum atomic E-state index is 2.44. The maximum absolute atomic E-state index is 2.44. The van der Waals surface area contributed by atoms with Crippen molar-refractivity contribution in [1.82, 2.24) is 4.57 Å². The van der Waals surface area contributed by atoms with Crippen molar-refractivity contribution in [3.05, 3.63) is 255 Å². The van der Waals surface area contributed by atoms with Crippen molar-refractivity contribution in [2.45, 2.75) is 0 Å². The molecular formula is C62H42N2. The number of para-hydroxylation sites is 3. The summed E-state index contributed by atoms with van der Waals surface area (Å²) in [5.41, 5.74) is 16.4. The molecule has 0 saturated heterocycles. The van der Waals surface area contributed by atoms with Gasteiger partial charge in [0.05, 0.1) is 22.4 Å². The minimum Gasteiger partial charge on any atom is -0.309 e. The topological polar surface area (TPSA) is 8.17 Å². The largest absolute Gasteiger partial charge is 0.309 e. The molecule has 11 aromatic carbocycles. The van der Waals surface area contributed by atoms with Crippen LogP contribution in [-0.4, -0.2) is 4.57 Å². The van der Waals surface area contributed by atoms with Crippen LogP contribution in [0.3, 0.4) is 0 Å². The highest BCUT2D eigenvalue weighted by Crippen LogP contribution is 2.45. The fourth-order valence-electron chi connectivity index (χ4n) is 9.82. The predicted octanol–water partition coefficient (Wildman–Crippen LogP) is 17.2. The Morgan fingerprint density at radius 1 is 0.281 bits per heavy atom. The molecule has 0 radical (unpaired) electrons. The summed E-state index contributed by atoms with van der Waals surface area (Å²) in [7, 11) is 0. The fourth-order valence-corrected chi connectivity index (χ4v) is 9.82. The minimum atomic E-state index is 1.09. The normalized spacial score (nSPS) is 11.4. The lowest BCUT2D eigenvalue weighted by molar-refractivity contribution is 1.18. The standard InChI is InChI=1S/C62H42N2/c1-2-22-50(23-3-1)64-60-31-11-9-27-57(60)62-56(29-15-33-61(62)64)49-21-12-20-48(42-49)55-26-8-10-30-58(55)63(59-32-14-19-46-17-5-7-25-54(46)59)51-40-38-44(39-41-51)43-34-36-47(37-35-43)53-28-13-18-45-16-4-6-24-52(45)53/h1-42H. The van der Waals surface area contributed by atoms with Gasteiger partial charge in [0.15, 0.2) is 0 Å². The smallest absolute Gasteiger partial charge is 0.0547 e. The van der Waals surface area contributed by atoms with Crippen molar-refractivity contribution in [2.24, 2.45) is 0 Å². The molecule has 0 N–H and O–H groups in total. The van der Waals surface area contributed by atoms with Crippen LogP contribution < -0.4 is 4.90 Å². The zero-order valence-electron chi connectivity index (χ0n) is 35.1. The molecule has 0 unspecified atom stereocenters. The van der Waals surface area contributed by atoms with Crippen LogP contribution in [0.25, 0.3) is 93.5 Å². The lowest BCUT2D eigenvalue weighted by atomic mass is 9.94. The molecule has 1 aromatic heterocycles. The van der Waals surface area contributed by atoms with E-state index in [1.165, 1.54) is 76.7 Å². The summed E-state index contributed by atoms with van der Waals surface area (Å²) in [5, 5.41) is 7.43. The van der Waals surface area contributed by atoms with Gasteiger partial charge >= 0.3 is 0 Å². The monoisotopic (exact) mass is 814 g/mol. The molecule has 0 atom stereocenters. The number of fused-ring (bicyclic) bond motifs is 5. The van der Waals surface area contributed by atoms with Gasteiger partial charge in [0.1, 0.15) is 0 Å². The third-order valence-corrected chi connectivity index (χ3v) is 12.8. The second-order valence-corrected chi connectivity index (χ2v) is 16.5. The first-order valence-electron chi connectivity index (χ1n) is 22.0. The van der Waals surface area contributed by atoms with Gasteiger partial charge in [-0.15, -0.1) is 0 Å². The summed E-state index contributed by atoms with van der Waals surface area (Å²) in [6, 6.07) is 92.6. The van der Waals surface area contributed by atoms with Crippen LogP contribution in [0.15, 0.2) is 255 Å². The molecule has 12 rings (SSSR count). The Bertz CT molecular complexity index is 3640. The van der Waals surface area contributed by atoms with Gasteiger partial charge in [-0.3, -0.25) is 0 Å². The Morgan fingerprint density at radius 2 is 0.781 bits per heavy atom. The summed E-state index contributed by atoms with van der Waals surface area (Å²) in [6.45, 7) is 0. The van der Waals surface area contributed by atoms with E-state index in [4.69, 9.17) is 0 Å². The molecule has 2 nitrogen and oxygen atoms in total. The van der Waals surface area contributed by atoms with Gasteiger partial charge in [0, 0.05) is 33.1 Å². The van der Waals surface area contributed by atoms with E-state index in [2.05, 4.69) is 264 Å². The highest BCUT2D eigenvalue weighted by atomic mass is 15.1. The average molecular weight is 815 g/mol. The number of hydrogen-bond acceptors (Lipinski definition) is 1. The Hall–Kier alpha value is -8.46. The molecule has 0 aliphatic carbocycles. The van der Waals surface area contributed by atoms with E-state index in [9.17, 15) is 0 Å². The summed E-state index contributed by atoms with van der Waals surface area (Å²) < 4.78 is 2.39. The highest BCUT2D eigenvalue weighted by Gasteiger charge is 2.21. The fraction of sp³-hybridized carbons (Fsp3) is 0. The summed E-state index contributed by atoms with van der Waals surface area (Å²) >= 11 is 0. The Morgan fingerprint density at radius 3 is 1.58 bits per heavy atom. The molecule has 0 aliphatic rings. The van der Waals surface area contributed by atoms with Crippen LogP contribution in [0.5, 0.6) is 0 Å². The van der Waals surface area contributed by atoms with Crippen molar-refractivity contribution in [3.8, 4) is 50.2 Å². The molecular weight excluding hydrogens is 773 g/mol. The molecule has 0 aliphatic heterocycles. The van der Waals surface area contributed by atoms with E-state index < -0.39 is 0 Å². The zero-order valence-corrected chi connectivity index (χ0v) is 35.1. The average Bonchev–Trinajstić information content (AvgIpc) is 3.72. The molecule has 300 valence electrons. The van der Waals surface area contributed by atoms with Gasteiger partial charge in [-0.2, -0.15) is 0 Å². The van der Waals surface area contributed by atoms with Crippen molar-refractivity contribution >= 4 is 60.4 Å². The van der Waals surface area contributed by atoms with E-state index >= 15 is 0 Å². The number of hydrogen-bond donors (Lipinski definition) is 0. The molecule has 12 aromatic rings. The number of benzene rings is 11. The lowest BCUT2D eigenvalue weighted by Gasteiger charge is -2.29. The third kappa shape index (κ3) is 6.44. The van der Waals surface area contributed by atoms with Crippen molar-refractivity contribution < 1.29 is 0 Å². The van der Waals surface area contributed by atoms with E-state index in [-0.39, 0.29) is 0 Å². The molecule has 0 bridgehead atoms. The van der Waals surface area contributed by atoms with Gasteiger partial charge < -0.3 is 9.47 Å². The Kier molecular flexibility index (Phi) is 9.20. The second-order valence-electron chi connectivity index (χ2n) is 16.5. The molecule has 1 heterocycles. The first-order chi connectivity index (χ1) is 31.8. The van der Waals surface area contributed by atoms with E-state index in [0.29, 0.717) is 0 Å².